The minimum Gasteiger partial charge on any atom is -0.483 e. The third-order valence-electron chi connectivity index (χ3n) is 1.85. The molecule has 3 nitrogen and oxygen atoms in total. The fraction of sp³-hybridized carbons (Fsp3) is 0.727. The molecule has 15 heavy (non-hydrogen) atoms. The highest BCUT2D eigenvalue weighted by Gasteiger charge is 2.21. The average molecular weight is 231 g/mol. The lowest BCUT2D eigenvalue weighted by atomic mass is 10.1. The number of ether oxygens (including phenoxy) is 1. The van der Waals surface area contributed by atoms with Crippen LogP contribution >= 0.6 is 0 Å². The van der Waals surface area contributed by atoms with E-state index in [1.54, 1.807) is 13.2 Å². The molecular weight excluding hydrogens is 210 g/mol. The van der Waals surface area contributed by atoms with Crippen LogP contribution in [0, 0.1) is 5.92 Å². The zero-order chi connectivity index (χ0) is 12.1. The van der Waals surface area contributed by atoms with Crippen molar-refractivity contribution in [2.45, 2.75) is 38.9 Å². The monoisotopic (exact) mass is 231 g/mol. The molecule has 0 aliphatic carbocycles. The maximum absolute atomic E-state index is 11.8. The van der Waals surface area contributed by atoms with E-state index in [2.05, 4.69) is 11.0 Å². The number of rotatable bonds is 4. The molecule has 0 saturated heterocycles. The Morgan fingerprint density at radius 2 is 2.13 bits per heavy atom. The largest absolute Gasteiger partial charge is 0.483 e. The van der Waals surface area contributed by atoms with Gasteiger partial charge < -0.3 is 4.74 Å². The van der Waals surface area contributed by atoms with Gasteiger partial charge in [0.15, 0.2) is 5.90 Å². The maximum Gasteiger partial charge on any atom is 0.200 e. The van der Waals surface area contributed by atoms with E-state index in [-0.39, 0.29) is 10.7 Å². The van der Waals surface area contributed by atoms with Crippen LogP contribution in [-0.4, -0.2) is 22.0 Å². The van der Waals surface area contributed by atoms with E-state index in [0.717, 1.165) is 6.42 Å². The lowest BCUT2D eigenvalue weighted by molar-refractivity contribution is 0.372. The summed E-state index contributed by atoms with van der Waals surface area (Å²) in [6.45, 7) is 11.3. The summed E-state index contributed by atoms with van der Waals surface area (Å²) in [5.41, 5.74) is 0. The molecule has 2 atom stereocenters. The first-order valence-electron chi connectivity index (χ1n) is 4.98. The van der Waals surface area contributed by atoms with Crippen molar-refractivity contribution >= 4 is 16.9 Å². The van der Waals surface area contributed by atoms with Gasteiger partial charge in [-0.25, -0.2) is 4.21 Å². The molecule has 0 rings (SSSR count). The summed E-state index contributed by atoms with van der Waals surface area (Å²) in [4.78, 5) is 0. The molecule has 0 saturated carbocycles. The Kier molecular flexibility index (Phi) is 5.80. The van der Waals surface area contributed by atoms with Crippen LogP contribution < -0.4 is 0 Å². The standard InChI is InChI=1S/C11H21NO2S/c1-7-8-9(2)10(14-6)12-15(13)11(3,4)5/h7,9H,1,8H2,2-6H3/b12-10-/t9-,15-/m1/s1. The van der Waals surface area contributed by atoms with E-state index in [0.29, 0.717) is 5.90 Å². The second-order valence-electron chi connectivity index (χ2n) is 4.42. The van der Waals surface area contributed by atoms with Crippen LogP contribution in [0.4, 0.5) is 0 Å². The first-order valence-corrected chi connectivity index (χ1v) is 6.09. The minimum absolute atomic E-state index is 0.124. The van der Waals surface area contributed by atoms with Gasteiger partial charge in [0.2, 0.25) is 0 Å². The Hall–Kier alpha value is -0.640. The molecule has 0 unspecified atom stereocenters. The lowest BCUT2D eigenvalue weighted by Crippen LogP contribution is -2.23. The van der Waals surface area contributed by atoms with Gasteiger partial charge in [-0.2, -0.15) is 4.40 Å². The first-order chi connectivity index (χ1) is 6.82. The summed E-state index contributed by atoms with van der Waals surface area (Å²) in [5, 5.41) is 0. The molecule has 88 valence electrons. The highest BCUT2D eigenvalue weighted by molar-refractivity contribution is 7.85. The van der Waals surface area contributed by atoms with Gasteiger partial charge >= 0.3 is 0 Å². The molecule has 0 N–H and O–H groups in total. The normalized spacial score (nSPS) is 17.0. The van der Waals surface area contributed by atoms with Crippen molar-refractivity contribution in [2.75, 3.05) is 7.11 Å². The molecule has 0 amide bonds. The maximum atomic E-state index is 11.8. The summed E-state index contributed by atoms with van der Waals surface area (Å²) in [6, 6.07) is 0. The molecule has 0 radical (unpaired) electrons. The predicted octanol–water partition coefficient (Wildman–Crippen LogP) is 2.71. The molecule has 4 heteroatoms. The number of methoxy groups -OCH3 is 1. The van der Waals surface area contributed by atoms with Gasteiger partial charge in [0.25, 0.3) is 0 Å². The third kappa shape index (κ3) is 5.11. The van der Waals surface area contributed by atoms with E-state index < -0.39 is 11.0 Å². The van der Waals surface area contributed by atoms with Gasteiger partial charge in [0, 0.05) is 5.92 Å². The Morgan fingerprint density at radius 1 is 1.60 bits per heavy atom. The first kappa shape index (κ1) is 14.4. The SMILES string of the molecule is C=CC[C@@H](C)/C(=N/[S@](=O)C(C)(C)C)OC. The van der Waals surface area contributed by atoms with Crippen molar-refractivity contribution in [3.63, 3.8) is 0 Å². The lowest BCUT2D eigenvalue weighted by Gasteiger charge is -2.16. The molecule has 0 aromatic heterocycles. The molecule has 0 fully saturated rings. The fourth-order valence-electron chi connectivity index (χ4n) is 0.898. The molecule has 0 aliphatic rings. The van der Waals surface area contributed by atoms with Crippen LogP contribution in [0.25, 0.3) is 0 Å². The molecule has 0 heterocycles. The second-order valence-corrected chi connectivity index (χ2v) is 6.33. The Bertz CT molecular complexity index is 266. The van der Waals surface area contributed by atoms with E-state index in [1.165, 1.54) is 0 Å². The fourth-order valence-corrected chi connectivity index (χ4v) is 1.59. The van der Waals surface area contributed by atoms with Gasteiger partial charge in [-0.05, 0) is 27.2 Å². The number of hydrogen-bond donors (Lipinski definition) is 0. The van der Waals surface area contributed by atoms with Crippen LogP contribution in [0.5, 0.6) is 0 Å². The Balaban J connectivity index is 4.73. The van der Waals surface area contributed by atoms with E-state index in [1.807, 2.05) is 27.7 Å². The summed E-state index contributed by atoms with van der Waals surface area (Å²) < 4.78 is 20.7. The highest BCUT2D eigenvalue weighted by atomic mass is 32.2. The van der Waals surface area contributed by atoms with E-state index in [9.17, 15) is 4.21 Å². The smallest absolute Gasteiger partial charge is 0.200 e. The van der Waals surface area contributed by atoms with Crippen molar-refractivity contribution < 1.29 is 8.95 Å². The topological polar surface area (TPSA) is 38.7 Å². The Morgan fingerprint density at radius 3 is 2.47 bits per heavy atom. The van der Waals surface area contributed by atoms with Crippen LogP contribution in [0.1, 0.15) is 34.1 Å². The van der Waals surface area contributed by atoms with E-state index >= 15 is 0 Å². The van der Waals surface area contributed by atoms with Gasteiger partial charge in [-0.15, -0.1) is 6.58 Å². The van der Waals surface area contributed by atoms with Crippen LogP contribution in [0.2, 0.25) is 0 Å². The van der Waals surface area contributed by atoms with Crippen molar-refractivity contribution in [1.82, 2.24) is 0 Å². The van der Waals surface area contributed by atoms with Gasteiger partial charge in [-0.3, -0.25) is 0 Å². The predicted molar refractivity (Wildman–Crippen MR) is 66.3 cm³/mol. The zero-order valence-corrected chi connectivity index (χ0v) is 11.1. The van der Waals surface area contributed by atoms with Crippen molar-refractivity contribution in [3.8, 4) is 0 Å². The number of nitrogens with zero attached hydrogens (tertiary/aromatic N) is 1. The van der Waals surface area contributed by atoms with Crippen LogP contribution in [0.15, 0.2) is 17.1 Å². The zero-order valence-electron chi connectivity index (χ0n) is 10.2. The van der Waals surface area contributed by atoms with Crippen LogP contribution in [0.3, 0.4) is 0 Å². The van der Waals surface area contributed by atoms with Crippen LogP contribution in [-0.2, 0) is 15.7 Å². The van der Waals surface area contributed by atoms with Crippen molar-refractivity contribution in [1.29, 1.82) is 0 Å². The Labute approximate surface area is 95.2 Å². The summed E-state index contributed by atoms with van der Waals surface area (Å²) in [5.74, 6) is 0.655. The molecule has 0 aromatic carbocycles. The van der Waals surface area contributed by atoms with Gasteiger partial charge in [0.05, 0.1) is 11.9 Å². The second kappa shape index (κ2) is 6.05. The average Bonchev–Trinajstić information content (AvgIpc) is 2.12. The molecule has 0 bridgehead atoms. The molecule has 0 aliphatic heterocycles. The van der Waals surface area contributed by atoms with Gasteiger partial charge in [-0.1, -0.05) is 13.0 Å². The summed E-state index contributed by atoms with van der Waals surface area (Å²) in [6.07, 6.45) is 2.58. The van der Waals surface area contributed by atoms with E-state index in [4.69, 9.17) is 4.74 Å². The molecule has 0 spiro atoms. The third-order valence-corrected chi connectivity index (χ3v) is 3.24. The minimum atomic E-state index is -1.26. The van der Waals surface area contributed by atoms with Crippen molar-refractivity contribution in [2.24, 2.45) is 10.3 Å². The highest BCUT2D eigenvalue weighted by Crippen LogP contribution is 2.15. The number of allylic oxidation sites excluding steroid dienone is 1. The molecule has 0 aromatic rings. The number of hydrogen-bond acceptors (Lipinski definition) is 2. The molecular formula is C11H21NO2S. The van der Waals surface area contributed by atoms with Crippen molar-refractivity contribution in [3.05, 3.63) is 12.7 Å². The van der Waals surface area contributed by atoms with Gasteiger partial charge in [0.1, 0.15) is 11.0 Å². The summed E-state index contributed by atoms with van der Waals surface area (Å²) in [7, 11) is 0.291. The summed E-state index contributed by atoms with van der Waals surface area (Å²) >= 11 is 0. The quantitative estimate of drug-likeness (QED) is 0.424.